The Balaban J connectivity index is 1.62. The fourth-order valence-corrected chi connectivity index (χ4v) is 3.35. The fraction of sp³-hybridized carbons (Fsp3) is 0.364. The van der Waals surface area contributed by atoms with Crippen molar-refractivity contribution in [2.45, 2.75) is 38.2 Å². The summed E-state index contributed by atoms with van der Waals surface area (Å²) in [6.45, 7) is 2.75. The summed E-state index contributed by atoms with van der Waals surface area (Å²) in [5.41, 5.74) is 0.983. The summed E-state index contributed by atoms with van der Waals surface area (Å²) in [4.78, 5) is 0. The SMILES string of the molecule is C/C=C/C1(CCCOc2ccccc2)CCc2cc(OC)ccc2O1. The van der Waals surface area contributed by atoms with E-state index in [-0.39, 0.29) is 5.60 Å². The average molecular weight is 338 g/mol. The molecule has 3 nitrogen and oxygen atoms in total. The highest BCUT2D eigenvalue weighted by Crippen LogP contribution is 2.38. The maximum Gasteiger partial charge on any atom is 0.128 e. The third kappa shape index (κ3) is 4.36. The van der Waals surface area contributed by atoms with Crippen molar-refractivity contribution in [2.75, 3.05) is 13.7 Å². The van der Waals surface area contributed by atoms with E-state index in [1.165, 1.54) is 5.56 Å². The normalized spacial score (nSPS) is 19.3. The largest absolute Gasteiger partial charge is 0.497 e. The second-order valence-electron chi connectivity index (χ2n) is 6.41. The van der Waals surface area contributed by atoms with Gasteiger partial charge in [0, 0.05) is 0 Å². The van der Waals surface area contributed by atoms with Gasteiger partial charge in [0.1, 0.15) is 22.8 Å². The number of hydrogen-bond acceptors (Lipinski definition) is 3. The van der Waals surface area contributed by atoms with Crippen molar-refractivity contribution >= 4 is 0 Å². The van der Waals surface area contributed by atoms with Crippen LogP contribution in [0.3, 0.4) is 0 Å². The first kappa shape index (κ1) is 17.4. The number of benzene rings is 2. The summed E-state index contributed by atoms with van der Waals surface area (Å²) < 4.78 is 17.6. The molecule has 0 saturated heterocycles. The van der Waals surface area contributed by atoms with Gasteiger partial charge in [-0.05, 0) is 74.6 Å². The molecule has 0 aliphatic carbocycles. The van der Waals surface area contributed by atoms with Crippen LogP contribution in [0.15, 0.2) is 60.7 Å². The van der Waals surface area contributed by atoms with E-state index in [4.69, 9.17) is 14.2 Å². The van der Waals surface area contributed by atoms with Gasteiger partial charge in [-0.3, -0.25) is 0 Å². The molecule has 0 bridgehead atoms. The molecule has 1 atom stereocenters. The van der Waals surface area contributed by atoms with E-state index in [0.717, 1.165) is 42.9 Å². The predicted molar refractivity (Wildman–Crippen MR) is 101 cm³/mol. The molecule has 0 fully saturated rings. The second-order valence-corrected chi connectivity index (χ2v) is 6.41. The van der Waals surface area contributed by atoms with Gasteiger partial charge in [0.15, 0.2) is 0 Å². The van der Waals surface area contributed by atoms with Crippen LogP contribution in [-0.2, 0) is 6.42 Å². The fourth-order valence-electron chi connectivity index (χ4n) is 3.35. The van der Waals surface area contributed by atoms with Gasteiger partial charge in [-0.15, -0.1) is 0 Å². The maximum absolute atomic E-state index is 6.41. The van der Waals surface area contributed by atoms with E-state index in [9.17, 15) is 0 Å². The first-order chi connectivity index (χ1) is 12.2. The molecule has 132 valence electrons. The molecule has 1 unspecified atom stereocenters. The van der Waals surface area contributed by atoms with Crippen molar-refractivity contribution in [3.05, 3.63) is 66.2 Å². The zero-order chi connectivity index (χ0) is 17.5. The molecule has 0 radical (unpaired) electrons. The first-order valence-electron chi connectivity index (χ1n) is 8.92. The van der Waals surface area contributed by atoms with E-state index < -0.39 is 0 Å². The van der Waals surface area contributed by atoms with Crippen LogP contribution >= 0.6 is 0 Å². The quantitative estimate of drug-likeness (QED) is 0.513. The lowest BCUT2D eigenvalue weighted by Crippen LogP contribution is -2.38. The van der Waals surface area contributed by atoms with Crippen molar-refractivity contribution < 1.29 is 14.2 Å². The lowest BCUT2D eigenvalue weighted by Gasteiger charge is -2.37. The Morgan fingerprint density at radius 1 is 1.12 bits per heavy atom. The molecule has 0 aromatic heterocycles. The summed E-state index contributed by atoms with van der Waals surface area (Å²) in [6.07, 6.45) is 8.15. The van der Waals surface area contributed by atoms with Crippen LogP contribution in [0.2, 0.25) is 0 Å². The van der Waals surface area contributed by atoms with Crippen molar-refractivity contribution in [2.24, 2.45) is 0 Å². The van der Waals surface area contributed by atoms with Crippen LogP contribution in [0.1, 0.15) is 31.7 Å². The molecule has 0 spiro atoms. The smallest absolute Gasteiger partial charge is 0.128 e. The molecular weight excluding hydrogens is 312 g/mol. The third-order valence-electron chi connectivity index (χ3n) is 4.63. The predicted octanol–water partition coefficient (Wildman–Crippen LogP) is 5.19. The number of rotatable bonds is 7. The molecule has 0 saturated carbocycles. The molecule has 0 amide bonds. The zero-order valence-electron chi connectivity index (χ0n) is 15.0. The minimum Gasteiger partial charge on any atom is -0.497 e. The molecule has 1 aliphatic rings. The second kappa shape index (κ2) is 8.11. The average Bonchev–Trinajstić information content (AvgIpc) is 2.66. The van der Waals surface area contributed by atoms with Crippen LogP contribution in [-0.4, -0.2) is 19.3 Å². The van der Waals surface area contributed by atoms with Gasteiger partial charge in [-0.1, -0.05) is 24.3 Å². The number of methoxy groups -OCH3 is 1. The minimum atomic E-state index is -0.240. The summed E-state index contributed by atoms with van der Waals surface area (Å²) in [7, 11) is 1.70. The van der Waals surface area contributed by atoms with Crippen molar-refractivity contribution in [3.63, 3.8) is 0 Å². The van der Waals surface area contributed by atoms with Gasteiger partial charge in [-0.25, -0.2) is 0 Å². The van der Waals surface area contributed by atoms with Crippen molar-refractivity contribution in [1.82, 2.24) is 0 Å². The standard InChI is InChI=1S/C22H26O3/c1-3-13-22(14-7-16-24-19-8-5-4-6-9-19)15-12-18-17-20(23-2)10-11-21(18)25-22/h3-6,8-11,13,17H,7,12,14-16H2,1-2H3/b13-3+. The molecule has 1 aliphatic heterocycles. The molecule has 3 heteroatoms. The van der Waals surface area contributed by atoms with Crippen molar-refractivity contribution in [3.8, 4) is 17.2 Å². The van der Waals surface area contributed by atoms with Crippen LogP contribution in [0.25, 0.3) is 0 Å². The maximum atomic E-state index is 6.41. The number of hydrogen-bond donors (Lipinski definition) is 0. The number of fused-ring (bicyclic) bond motifs is 1. The summed E-state index contributed by atoms with van der Waals surface area (Å²) in [5, 5.41) is 0. The van der Waals surface area contributed by atoms with E-state index in [0.29, 0.717) is 6.61 Å². The molecule has 2 aromatic rings. The number of allylic oxidation sites excluding steroid dienone is 1. The van der Waals surface area contributed by atoms with Gasteiger partial charge in [0.05, 0.1) is 13.7 Å². The minimum absolute atomic E-state index is 0.240. The Morgan fingerprint density at radius 2 is 1.96 bits per heavy atom. The molecule has 2 aromatic carbocycles. The zero-order valence-corrected chi connectivity index (χ0v) is 15.0. The number of aryl methyl sites for hydroxylation is 1. The summed E-state index contributed by atoms with van der Waals surface area (Å²) in [6, 6.07) is 16.0. The Morgan fingerprint density at radius 3 is 2.72 bits per heavy atom. The third-order valence-corrected chi connectivity index (χ3v) is 4.63. The Bertz CT molecular complexity index is 708. The number of para-hydroxylation sites is 1. The van der Waals surface area contributed by atoms with Crippen molar-refractivity contribution in [1.29, 1.82) is 0 Å². The van der Waals surface area contributed by atoms with Crippen LogP contribution in [0.4, 0.5) is 0 Å². The van der Waals surface area contributed by atoms with Gasteiger partial charge >= 0.3 is 0 Å². The van der Waals surface area contributed by atoms with Crippen LogP contribution < -0.4 is 14.2 Å². The van der Waals surface area contributed by atoms with E-state index in [1.54, 1.807) is 7.11 Å². The topological polar surface area (TPSA) is 27.7 Å². The monoisotopic (exact) mass is 338 g/mol. The highest BCUT2D eigenvalue weighted by atomic mass is 16.5. The molecular formula is C22H26O3. The summed E-state index contributed by atoms with van der Waals surface area (Å²) >= 11 is 0. The van der Waals surface area contributed by atoms with Gasteiger partial charge in [-0.2, -0.15) is 0 Å². The highest BCUT2D eigenvalue weighted by Gasteiger charge is 2.33. The van der Waals surface area contributed by atoms with Gasteiger partial charge in [0.25, 0.3) is 0 Å². The first-order valence-corrected chi connectivity index (χ1v) is 8.92. The van der Waals surface area contributed by atoms with E-state index in [1.807, 2.05) is 42.5 Å². The van der Waals surface area contributed by atoms with Gasteiger partial charge < -0.3 is 14.2 Å². The van der Waals surface area contributed by atoms with Crippen LogP contribution in [0, 0.1) is 0 Å². The molecule has 1 heterocycles. The van der Waals surface area contributed by atoms with Gasteiger partial charge in [0.2, 0.25) is 0 Å². The molecule has 25 heavy (non-hydrogen) atoms. The van der Waals surface area contributed by atoms with E-state index >= 15 is 0 Å². The molecule has 0 N–H and O–H groups in total. The lowest BCUT2D eigenvalue weighted by molar-refractivity contribution is 0.0780. The Hall–Kier alpha value is -2.42. The van der Waals surface area contributed by atoms with E-state index in [2.05, 4.69) is 25.1 Å². The molecule has 3 rings (SSSR count). The Labute approximate surface area is 150 Å². The summed E-state index contributed by atoms with van der Waals surface area (Å²) in [5.74, 6) is 2.77. The number of ether oxygens (including phenoxy) is 3. The lowest BCUT2D eigenvalue weighted by atomic mass is 9.86. The Kier molecular flexibility index (Phi) is 5.64. The highest BCUT2D eigenvalue weighted by molar-refractivity contribution is 5.43. The van der Waals surface area contributed by atoms with Crippen LogP contribution in [0.5, 0.6) is 17.2 Å².